The molecule has 0 spiro atoms. The molecule has 3 nitrogen and oxygen atoms in total. The van der Waals surface area contributed by atoms with Crippen LogP contribution in [0.3, 0.4) is 0 Å². The van der Waals surface area contributed by atoms with Gasteiger partial charge in [-0.15, -0.1) is 0 Å². The van der Waals surface area contributed by atoms with E-state index in [1.54, 1.807) is 0 Å². The minimum atomic E-state index is -1.23. The summed E-state index contributed by atoms with van der Waals surface area (Å²) in [5.41, 5.74) is -2.13. The van der Waals surface area contributed by atoms with Crippen LogP contribution >= 0.6 is 0 Å². The third-order valence-electron chi connectivity index (χ3n) is 2.81. The standard InChI is InChI=1S/C11H20FNO2/c1-8(2)9(14)13-5-4-11(15)6-10(3,12)7-11/h8,15H,4-7H2,1-3H3,(H,13,14). The summed E-state index contributed by atoms with van der Waals surface area (Å²) < 4.78 is 13.2. The summed E-state index contributed by atoms with van der Waals surface area (Å²) in [6, 6.07) is 0. The number of carbonyl (C=O) groups excluding carboxylic acids is 1. The van der Waals surface area contributed by atoms with Gasteiger partial charge in [-0.1, -0.05) is 13.8 Å². The van der Waals surface area contributed by atoms with Gasteiger partial charge in [0.05, 0.1) is 5.60 Å². The maximum atomic E-state index is 13.2. The normalized spacial score (nSPS) is 35.1. The summed E-state index contributed by atoms with van der Waals surface area (Å²) >= 11 is 0. The Morgan fingerprint density at radius 3 is 2.47 bits per heavy atom. The fourth-order valence-electron chi connectivity index (χ4n) is 2.12. The molecule has 4 heteroatoms. The van der Waals surface area contributed by atoms with E-state index in [1.807, 2.05) is 13.8 Å². The van der Waals surface area contributed by atoms with Crippen LogP contribution < -0.4 is 5.32 Å². The van der Waals surface area contributed by atoms with Gasteiger partial charge < -0.3 is 10.4 Å². The Balaban J connectivity index is 2.19. The quantitative estimate of drug-likeness (QED) is 0.748. The number of halogens is 1. The van der Waals surface area contributed by atoms with Gasteiger partial charge >= 0.3 is 0 Å². The first-order chi connectivity index (χ1) is 6.74. The summed E-state index contributed by atoms with van der Waals surface area (Å²) in [6.45, 7) is 5.54. The minimum absolute atomic E-state index is 0.0269. The van der Waals surface area contributed by atoms with E-state index in [2.05, 4.69) is 5.32 Å². The largest absolute Gasteiger partial charge is 0.390 e. The Hall–Kier alpha value is -0.640. The van der Waals surface area contributed by atoms with Gasteiger partial charge in [0.2, 0.25) is 5.91 Å². The Morgan fingerprint density at radius 1 is 1.53 bits per heavy atom. The summed E-state index contributed by atoms with van der Waals surface area (Å²) in [4.78, 5) is 11.2. The highest BCUT2D eigenvalue weighted by molar-refractivity contribution is 5.77. The Labute approximate surface area is 90.1 Å². The van der Waals surface area contributed by atoms with Crippen molar-refractivity contribution in [3.63, 3.8) is 0 Å². The van der Waals surface area contributed by atoms with E-state index in [1.165, 1.54) is 6.92 Å². The van der Waals surface area contributed by atoms with E-state index in [0.29, 0.717) is 13.0 Å². The second kappa shape index (κ2) is 4.08. The lowest BCUT2D eigenvalue weighted by Gasteiger charge is -2.46. The van der Waals surface area contributed by atoms with Gasteiger partial charge in [0, 0.05) is 25.3 Å². The molecule has 0 atom stereocenters. The molecule has 88 valence electrons. The Kier molecular flexibility index (Phi) is 3.38. The van der Waals surface area contributed by atoms with E-state index in [0.717, 1.165) is 0 Å². The van der Waals surface area contributed by atoms with Crippen LogP contribution in [0.2, 0.25) is 0 Å². The SMILES string of the molecule is CC(C)C(=O)NCCC1(O)CC(C)(F)C1. The van der Waals surface area contributed by atoms with E-state index in [9.17, 15) is 14.3 Å². The smallest absolute Gasteiger partial charge is 0.222 e. The molecule has 0 aromatic rings. The van der Waals surface area contributed by atoms with Gasteiger partial charge in [-0.05, 0) is 13.3 Å². The zero-order valence-corrected chi connectivity index (χ0v) is 9.64. The van der Waals surface area contributed by atoms with Crippen LogP contribution in [0, 0.1) is 5.92 Å². The summed E-state index contributed by atoms with van der Waals surface area (Å²) in [6.07, 6.45) is 0.792. The van der Waals surface area contributed by atoms with Crippen LogP contribution in [0.4, 0.5) is 4.39 Å². The molecular weight excluding hydrogens is 197 g/mol. The van der Waals surface area contributed by atoms with Crippen molar-refractivity contribution < 1.29 is 14.3 Å². The first-order valence-corrected chi connectivity index (χ1v) is 5.43. The first kappa shape index (κ1) is 12.4. The molecule has 1 aliphatic carbocycles. The molecule has 0 radical (unpaired) electrons. The van der Waals surface area contributed by atoms with Crippen molar-refractivity contribution in [1.82, 2.24) is 5.32 Å². The van der Waals surface area contributed by atoms with Crippen molar-refractivity contribution in [3.05, 3.63) is 0 Å². The lowest BCUT2D eigenvalue weighted by molar-refractivity contribution is -0.137. The van der Waals surface area contributed by atoms with Gasteiger partial charge in [0.1, 0.15) is 5.67 Å². The molecule has 1 amide bonds. The zero-order valence-electron chi connectivity index (χ0n) is 9.64. The van der Waals surface area contributed by atoms with Crippen LogP contribution in [-0.2, 0) is 4.79 Å². The second-order valence-electron chi connectivity index (χ2n) is 5.19. The molecule has 0 saturated heterocycles. The molecule has 0 unspecified atom stereocenters. The van der Waals surface area contributed by atoms with E-state index >= 15 is 0 Å². The molecular formula is C11H20FNO2. The van der Waals surface area contributed by atoms with Gasteiger partial charge in [0.25, 0.3) is 0 Å². The number of aliphatic hydroxyl groups is 1. The van der Waals surface area contributed by atoms with Gasteiger partial charge in [0.15, 0.2) is 0 Å². The highest BCUT2D eigenvalue weighted by Crippen LogP contribution is 2.45. The summed E-state index contributed by atoms with van der Waals surface area (Å²) in [7, 11) is 0. The van der Waals surface area contributed by atoms with Crippen LogP contribution in [0.5, 0.6) is 0 Å². The van der Waals surface area contributed by atoms with Crippen LogP contribution in [0.25, 0.3) is 0 Å². The molecule has 15 heavy (non-hydrogen) atoms. The molecule has 1 saturated carbocycles. The molecule has 0 bridgehead atoms. The van der Waals surface area contributed by atoms with Crippen LogP contribution in [0.1, 0.15) is 40.0 Å². The van der Waals surface area contributed by atoms with Gasteiger partial charge in [-0.3, -0.25) is 4.79 Å². The maximum Gasteiger partial charge on any atom is 0.222 e. The van der Waals surface area contributed by atoms with Crippen molar-refractivity contribution in [3.8, 4) is 0 Å². The second-order valence-corrected chi connectivity index (χ2v) is 5.19. The number of alkyl halides is 1. The third kappa shape index (κ3) is 3.45. The number of rotatable bonds is 4. The highest BCUT2D eigenvalue weighted by atomic mass is 19.1. The lowest BCUT2D eigenvalue weighted by atomic mass is 9.68. The number of carbonyl (C=O) groups is 1. The van der Waals surface area contributed by atoms with Crippen molar-refractivity contribution in [1.29, 1.82) is 0 Å². The predicted octanol–water partition coefficient (Wildman–Crippen LogP) is 1.40. The molecule has 2 N–H and O–H groups in total. The number of hydrogen-bond donors (Lipinski definition) is 2. The van der Waals surface area contributed by atoms with Crippen LogP contribution in [0.15, 0.2) is 0 Å². The summed E-state index contributed by atoms with van der Waals surface area (Å²) in [5, 5.41) is 12.5. The first-order valence-electron chi connectivity index (χ1n) is 5.43. The molecule has 1 aliphatic rings. The fraction of sp³-hybridized carbons (Fsp3) is 0.909. The van der Waals surface area contributed by atoms with Crippen LogP contribution in [-0.4, -0.2) is 28.8 Å². The number of nitrogens with one attached hydrogen (secondary N) is 1. The fourth-order valence-corrected chi connectivity index (χ4v) is 2.12. The van der Waals surface area contributed by atoms with Gasteiger partial charge in [-0.25, -0.2) is 4.39 Å². The van der Waals surface area contributed by atoms with Crippen molar-refractivity contribution in [2.75, 3.05) is 6.54 Å². The molecule has 0 heterocycles. The third-order valence-corrected chi connectivity index (χ3v) is 2.81. The molecule has 0 aliphatic heterocycles. The zero-order chi connectivity index (χ0) is 11.7. The molecule has 0 aromatic carbocycles. The van der Waals surface area contributed by atoms with E-state index in [-0.39, 0.29) is 24.7 Å². The lowest BCUT2D eigenvalue weighted by Crippen LogP contribution is -2.53. The van der Waals surface area contributed by atoms with E-state index in [4.69, 9.17) is 0 Å². The molecule has 1 rings (SSSR count). The molecule has 0 aromatic heterocycles. The van der Waals surface area contributed by atoms with E-state index < -0.39 is 11.3 Å². The van der Waals surface area contributed by atoms with Crippen molar-refractivity contribution >= 4 is 5.91 Å². The van der Waals surface area contributed by atoms with Crippen molar-refractivity contribution in [2.24, 2.45) is 5.92 Å². The highest BCUT2D eigenvalue weighted by Gasteiger charge is 2.51. The number of hydrogen-bond acceptors (Lipinski definition) is 2. The Morgan fingerprint density at radius 2 is 2.07 bits per heavy atom. The maximum absolute atomic E-state index is 13.2. The average molecular weight is 217 g/mol. The summed E-state index contributed by atoms with van der Waals surface area (Å²) in [5.74, 6) is -0.0755. The minimum Gasteiger partial charge on any atom is -0.390 e. The van der Waals surface area contributed by atoms with Gasteiger partial charge in [-0.2, -0.15) is 0 Å². The predicted molar refractivity (Wildman–Crippen MR) is 56.2 cm³/mol. The number of amides is 1. The topological polar surface area (TPSA) is 49.3 Å². The van der Waals surface area contributed by atoms with Crippen molar-refractivity contribution in [2.45, 2.75) is 51.3 Å². The Bertz CT molecular complexity index is 243. The monoisotopic (exact) mass is 217 g/mol. The average Bonchev–Trinajstić information content (AvgIpc) is 1.99. The molecule has 1 fully saturated rings.